The lowest BCUT2D eigenvalue weighted by molar-refractivity contribution is 0.0696. The van der Waals surface area contributed by atoms with Crippen LogP contribution in [0.3, 0.4) is 0 Å². The minimum absolute atomic E-state index is 0.0317. The van der Waals surface area contributed by atoms with Gasteiger partial charge < -0.3 is 15.2 Å². The number of anilines is 1. The number of carboxylic acid groups (broad SMARTS) is 1. The molecule has 40 heavy (non-hydrogen) atoms. The molecule has 5 aromatic rings. The van der Waals surface area contributed by atoms with Gasteiger partial charge in [-0.25, -0.2) is 22.9 Å². The van der Waals surface area contributed by atoms with Gasteiger partial charge in [0.1, 0.15) is 11.3 Å². The molecular weight excluding hydrogens is 530 g/mol. The Hall–Kier alpha value is -4.77. The molecule has 0 aliphatic carbocycles. The zero-order valence-corrected chi connectivity index (χ0v) is 22.9. The molecule has 0 radical (unpaired) electrons. The molecule has 1 unspecified atom stereocenters. The Balaban J connectivity index is 1.78. The zero-order valence-electron chi connectivity index (χ0n) is 22.1. The second-order valence-electron chi connectivity index (χ2n) is 9.03. The molecule has 1 atom stereocenters. The highest BCUT2D eigenvalue weighted by Gasteiger charge is 2.33. The second kappa shape index (κ2) is 10.8. The van der Waals surface area contributed by atoms with E-state index in [-0.39, 0.29) is 16.1 Å². The van der Waals surface area contributed by atoms with E-state index in [0.29, 0.717) is 40.2 Å². The Bertz CT molecular complexity index is 1790. The number of aromatic nitrogens is 4. The van der Waals surface area contributed by atoms with E-state index in [1.165, 1.54) is 31.6 Å². The first-order chi connectivity index (χ1) is 19.3. The van der Waals surface area contributed by atoms with E-state index in [1.54, 1.807) is 42.8 Å². The lowest BCUT2D eigenvalue weighted by Crippen LogP contribution is -2.24. The Morgan fingerprint density at radius 1 is 1.07 bits per heavy atom. The van der Waals surface area contributed by atoms with Crippen LogP contribution in [0.2, 0.25) is 0 Å². The first-order valence-corrected chi connectivity index (χ1v) is 14.1. The molecule has 3 heterocycles. The van der Waals surface area contributed by atoms with Crippen LogP contribution in [0.1, 0.15) is 39.6 Å². The van der Waals surface area contributed by atoms with E-state index in [4.69, 9.17) is 9.72 Å². The van der Waals surface area contributed by atoms with Crippen molar-refractivity contribution in [2.45, 2.75) is 30.5 Å². The van der Waals surface area contributed by atoms with Gasteiger partial charge in [-0.15, -0.1) is 0 Å². The van der Waals surface area contributed by atoms with Crippen LogP contribution in [-0.4, -0.2) is 46.4 Å². The molecule has 0 amide bonds. The molecule has 2 N–H and O–H groups in total. The van der Waals surface area contributed by atoms with Gasteiger partial charge >= 0.3 is 5.97 Å². The number of rotatable bonds is 9. The minimum atomic E-state index is -4.11. The zero-order chi connectivity index (χ0) is 28.4. The average molecular weight is 558 g/mol. The van der Waals surface area contributed by atoms with Crippen LogP contribution in [0.15, 0.2) is 84.0 Å². The second-order valence-corrected chi connectivity index (χ2v) is 11.1. The van der Waals surface area contributed by atoms with Crippen LogP contribution >= 0.6 is 0 Å². The average Bonchev–Trinajstić information content (AvgIpc) is 3.31. The van der Waals surface area contributed by atoms with Crippen LogP contribution in [0, 0.1) is 6.92 Å². The standard InChI is InChI=1S/C29H27N5O5S/c1-4-23-25(29(35)36)26(24-18(2)33-34(27(24)31-23)20-10-6-5-7-11-20)32-28(19-9-8-16-30-17-19)40(37,38)22-14-12-21(39-3)13-15-22/h5-17,28H,4H2,1-3H3,(H,31,32)(H,35,36). The number of nitrogens with one attached hydrogen (secondary N) is 1. The number of ether oxygens (including phenoxy) is 1. The number of carbonyl (C=O) groups is 1. The number of benzene rings is 2. The van der Waals surface area contributed by atoms with Crippen molar-refractivity contribution >= 4 is 32.5 Å². The number of hydrogen-bond donors (Lipinski definition) is 2. The predicted octanol–water partition coefficient (Wildman–Crippen LogP) is 4.98. The molecule has 0 bridgehead atoms. The summed E-state index contributed by atoms with van der Waals surface area (Å²) in [4.78, 5) is 21.5. The van der Waals surface area contributed by atoms with Gasteiger partial charge in [-0.05, 0) is 55.8 Å². The molecule has 0 saturated carbocycles. The van der Waals surface area contributed by atoms with Gasteiger partial charge in [-0.2, -0.15) is 5.10 Å². The van der Waals surface area contributed by atoms with Crippen molar-refractivity contribution in [1.82, 2.24) is 19.7 Å². The number of carboxylic acids is 1. The fraction of sp³-hybridized carbons (Fsp3) is 0.172. The van der Waals surface area contributed by atoms with Crippen molar-refractivity contribution in [2.24, 2.45) is 0 Å². The summed E-state index contributed by atoms with van der Waals surface area (Å²) in [6.45, 7) is 3.54. The maximum atomic E-state index is 14.1. The third kappa shape index (κ3) is 4.75. The Morgan fingerprint density at radius 3 is 2.40 bits per heavy atom. The van der Waals surface area contributed by atoms with Gasteiger partial charge in [-0.1, -0.05) is 31.2 Å². The maximum absolute atomic E-state index is 14.1. The topological polar surface area (TPSA) is 136 Å². The van der Waals surface area contributed by atoms with Crippen molar-refractivity contribution < 1.29 is 23.1 Å². The highest BCUT2D eigenvalue weighted by molar-refractivity contribution is 7.91. The predicted molar refractivity (Wildman–Crippen MR) is 151 cm³/mol. The number of sulfone groups is 1. The fourth-order valence-electron chi connectivity index (χ4n) is 4.65. The number of aryl methyl sites for hydroxylation is 2. The number of para-hydroxylation sites is 1. The molecule has 3 aromatic heterocycles. The van der Waals surface area contributed by atoms with Crippen LogP contribution in [0.4, 0.5) is 5.69 Å². The van der Waals surface area contributed by atoms with Gasteiger partial charge in [0.25, 0.3) is 0 Å². The molecule has 2 aromatic carbocycles. The van der Waals surface area contributed by atoms with E-state index in [2.05, 4.69) is 15.4 Å². The number of hydrogen-bond acceptors (Lipinski definition) is 8. The maximum Gasteiger partial charge on any atom is 0.339 e. The molecule has 10 nitrogen and oxygen atoms in total. The molecule has 0 saturated heterocycles. The van der Waals surface area contributed by atoms with E-state index >= 15 is 0 Å². The summed E-state index contributed by atoms with van der Waals surface area (Å²) < 4.78 is 35.0. The molecule has 5 rings (SSSR count). The number of methoxy groups -OCH3 is 1. The summed E-state index contributed by atoms with van der Waals surface area (Å²) in [7, 11) is -2.62. The Kier molecular flexibility index (Phi) is 7.22. The smallest absolute Gasteiger partial charge is 0.339 e. The highest BCUT2D eigenvalue weighted by Crippen LogP contribution is 2.38. The van der Waals surface area contributed by atoms with Crippen molar-refractivity contribution in [3.63, 3.8) is 0 Å². The van der Waals surface area contributed by atoms with Crippen molar-refractivity contribution in [3.05, 3.63) is 102 Å². The van der Waals surface area contributed by atoms with E-state index in [0.717, 1.165) is 5.69 Å². The van der Waals surface area contributed by atoms with E-state index in [9.17, 15) is 18.3 Å². The summed E-state index contributed by atoms with van der Waals surface area (Å²) in [5, 5.41) is 17.1. The number of aromatic carboxylic acids is 1. The third-order valence-electron chi connectivity index (χ3n) is 6.58. The molecule has 204 valence electrons. The van der Waals surface area contributed by atoms with Crippen LogP contribution in [0.25, 0.3) is 16.7 Å². The van der Waals surface area contributed by atoms with Crippen molar-refractivity contribution in [1.29, 1.82) is 0 Å². The lowest BCUT2D eigenvalue weighted by atomic mass is 10.0. The van der Waals surface area contributed by atoms with Crippen LogP contribution in [0.5, 0.6) is 5.75 Å². The van der Waals surface area contributed by atoms with Gasteiger partial charge in [0.15, 0.2) is 11.0 Å². The monoisotopic (exact) mass is 557 g/mol. The molecule has 0 fully saturated rings. The largest absolute Gasteiger partial charge is 0.497 e. The SMILES string of the molecule is CCc1nc2c(c(C)nn2-c2ccccc2)c(NC(c2cccnc2)S(=O)(=O)c2ccc(OC)cc2)c1C(=O)O. The highest BCUT2D eigenvalue weighted by atomic mass is 32.2. The fourth-order valence-corrected chi connectivity index (χ4v) is 6.21. The molecule has 11 heteroatoms. The number of nitrogens with zero attached hydrogens (tertiary/aromatic N) is 4. The van der Waals surface area contributed by atoms with Crippen molar-refractivity contribution in [3.8, 4) is 11.4 Å². The summed E-state index contributed by atoms with van der Waals surface area (Å²) in [5.74, 6) is -0.724. The van der Waals surface area contributed by atoms with Gasteiger partial charge in [0.2, 0.25) is 9.84 Å². The van der Waals surface area contributed by atoms with E-state index < -0.39 is 21.2 Å². The minimum Gasteiger partial charge on any atom is -0.497 e. The molecular formula is C29H27N5O5S. The normalized spacial score (nSPS) is 12.3. The van der Waals surface area contributed by atoms with Gasteiger partial charge in [-0.3, -0.25) is 4.98 Å². The molecule has 0 aliphatic rings. The van der Waals surface area contributed by atoms with Gasteiger partial charge in [0.05, 0.1) is 40.2 Å². The lowest BCUT2D eigenvalue weighted by Gasteiger charge is -2.23. The third-order valence-corrected chi connectivity index (χ3v) is 8.52. The summed E-state index contributed by atoms with van der Waals surface area (Å²) in [5.41, 5.74) is 2.30. The number of fused-ring (bicyclic) bond motifs is 1. The number of pyridine rings is 2. The van der Waals surface area contributed by atoms with Crippen molar-refractivity contribution in [2.75, 3.05) is 12.4 Å². The van der Waals surface area contributed by atoms with Crippen LogP contribution < -0.4 is 10.1 Å². The molecule has 0 aliphatic heterocycles. The van der Waals surface area contributed by atoms with Crippen LogP contribution in [-0.2, 0) is 16.3 Å². The van der Waals surface area contributed by atoms with Gasteiger partial charge in [0, 0.05) is 18.0 Å². The Labute approximate surface area is 231 Å². The summed E-state index contributed by atoms with van der Waals surface area (Å²) >= 11 is 0. The quantitative estimate of drug-likeness (QED) is 0.257. The van der Waals surface area contributed by atoms with E-state index in [1.807, 2.05) is 30.3 Å². The summed E-state index contributed by atoms with van der Waals surface area (Å²) in [6, 6.07) is 18.6. The summed E-state index contributed by atoms with van der Waals surface area (Å²) in [6.07, 6.45) is 3.28. The Morgan fingerprint density at radius 2 is 1.80 bits per heavy atom. The molecule has 0 spiro atoms. The first kappa shape index (κ1) is 26.8. The first-order valence-electron chi connectivity index (χ1n) is 12.5.